The highest BCUT2D eigenvalue weighted by molar-refractivity contribution is 5.34. The van der Waals surface area contributed by atoms with Crippen LogP contribution < -0.4 is 10.7 Å². The van der Waals surface area contributed by atoms with Gasteiger partial charge in [-0.25, -0.2) is 4.98 Å². The van der Waals surface area contributed by atoms with Crippen LogP contribution in [0.4, 0.5) is 0 Å². The van der Waals surface area contributed by atoms with Gasteiger partial charge in [-0.2, -0.15) is 0 Å². The second-order valence-electron chi connectivity index (χ2n) is 2.31. The Hall–Kier alpha value is -1.31. The lowest BCUT2D eigenvalue weighted by atomic mass is 10.4. The van der Waals surface area contributed by atoms with Crippen LogP contribution in [0, 0.1) is 6.92 Å². The van der Waals surface area contributed by atoms with Gasteiger partial charge in [-0.1, -0.05) is 18.7 Å². The number of hydrogen-bond acceptors (Lipinski definition) is 1. The summed E-state index contributed by atoms with van der Waals surface area (Å²) >= 11 is 0. The first kappa shape index (κ1) is 7.79. The fourth-order valence-electron chi connectivity index (χ4n) is 0.987. The molecule has 1 aromatic rings. The van der Waals surface area contributed by atoms with Gasteiger partial charge in [-0.3, -0.25) is 0 Å². The summed E-state index contributed by atoms with van der Waals surface area (Å²) in [6, 6.07) is 0. The van der Waals surface area contributed by atoms with Gasteiger partial charge in [0.15, 0.2) is 0 Å². The molecule has 1 N–H and O–H groups in total. The summed E-state index contributed by atoms with van der Waals surface area (Å²) in [5.41, 5.74) is 0. The van der Waals surface area contributed by atoms with Crippen molar-refractivity contribution in [3.8, 4) is 0 Å². The van der Waals surface area contributed by atoms with E-state index in [4.69, 9.17) is 0 Å². The molecule has 0 spiro atoms. The highest BCUT2D eigenvalue weighted by Gasteiger charge is 1.88. The molecule has 0 aromatic carbocycles. The Labute approximate surface area is 66.0 Å². The van der Waals surface area contributed by atoms with Gasteiger partial charge in [0, 0.05) is 0 Å². The normalized spacial score (nSPS) is 14.0. The summed E-state index contributed by atoms with van der Waals surface area (Å²) < 4.78 is 0. The number of H-pyrrole nitrogens is 1. The molecule has 0 aliphatic carbocycles. The first-order valence-electron chi connectivity index (χ1n) is 3.59. The molecule has 0 fully saturated rings. The van der Waals surface area contributed by atoms with E-state index in [9.17, 15) is 0 Å². The maximum absolute atomic E-state index is 4.26. The van der Waals surface area contributed by atoms with E-state index in [0.717, 1.165) is 16.5 Å². The molecule has 0 atom stereocenters. The van der Waals surface area contributed by atoms with E-state index in [1.54, 1.807) is 6.08 Å². The Morgan fingerprint density at radius 3 is 2.82 bits per heavy atom. The lowest BCUT2D eigenvalue weighted by Gasteiger charge is -1.72. The Morgan fingerprint density at radius 1 is 1.55 bits per heavy atom. The number of aryl methyl sites for hydroxylation is 1. The van der Waals surface area contributed by atoms with Crippen LogP contribution in [0.15, 0.2) is 12.7 Å². The molecule has 0 saturated heterocycles. The minimum atomic E-state index is 0.936. The molecule has 11 heavy (non-hydrogen) atoms. The van der Waals surface area contributed by atoms with Gasteiger partial charge >= 0.3 is 0 Å². The molecule has 2 nitrogen and oxygen atoms in total. The first-order chi connectivity index (χ1) is 5.27. The predicted octanol–water partition coefficient (Wildman–Crippen LogP) is 0.485. The maximum atomic E-state index is 4.26. The highest BCUT2D eigenvalue weighted by atomic mass is 14.9. The Balaban J connectivity index is 3.47. The minimum absolute atomic E-state index is 0.936. The van der Waals surface area contributed by atoms with Gasteiger partial charge in [0.2, 0.25) is 0 Å². The van der Waals surface area contributed by atoms with Crippen molar-refractivity contribution in [2.45, 2.75) is 13.8 Å². The van der Waals surface area contributed by atoms with Crippen LogP contribution in [0.5, 0.6) is 0 Å². The standard InChI is InChI=1S/C9H12N2/c1-4-6-9-8(5-2)10-7(3)11-9/h4-6H,1H2,2-3H3,(H,10,11)/b8-5+,9-6+. The Morgan fingerprint density at radius 2 is 2.27 bits per heavy atom. The topological polar surface area (TPSA) is 28.7 Å². The Bertz CT molecular complexity index is 357. The van der Waals surface area contributed by atoms with Gasteiger partial charge in [0.1, 0.15) is 5.82 Å². The molecule has 2 heteroatoms. The van der Waals surface area contributed by atoms with Crippen molar-refractivity contribution in [2.24, 2.45) is 0 Å². The highest BCUT2D eigenvalue weighted by Crippen LogP contribution is 1.72. The third-order valence-electron chi connectivity index (χ3n) is 1.44. The fraction of sp³-hybridized carbons (Fsp3) is 0.222. The summed E-state index contributed by atoms with van der Waals surface area (Å²) in [6.07, 6.45) is 5.62. The van der Waals surface area contributed by atoms with E-state index in [-0.39, 0.29) is 0 Å². The molecule has 0 saturated carbocycles. The van der Waals surface area contributed by atoms with Crippen LogP contribution in [0.2, 0.25) is 0 Å². The van der Waals surface area contributed by atoms with Crippen LogP contribution in [-0.2, 0) is 0 Å². The van der Waals surface area contributed by atoms with Crippen molar-refractivity contribution in [2.75, 3.05) is 0 Å². The molecular formula is C9H12N2. The van der Waals surface area contributed by atoms with E-state index in [1.807, 2.05) is 26.0 Å². The van der Waals surface area contributed by atoms with Gasteiger partial charge in [-0.15, -0.1) is 0 Å². The number of nitrogens with zero attached hydrogens (tertiary/aromatic N) is 1. The van der Waals surface area contributed by atoms with Crippen LogP contribution in [0.25, 0.3) is 12.2 Å². The molecule has 1 heterocycles. The molecular weight excluding hydrogens is 136 g/mol. The largest absolute Gasteiger partial charge is 0.342 e. The average Bonchev–Trinajstić information content (AvgIpc) is 2.32. The fourth-order valence-corrected chi connectivity index (χ4v) is 0.987. The van der Waals surface area contributed by atoms with E-state index in [0.29, 0.717) is 0 Å². The number of aromatic nitrogens is 2. The van der Waals surface area contributed by atoms with E-state index >= 15 is 0 Å². The lowest BCUT2D eigenvalue weighted by Crippen LogP contribution is -2.23. The van der Waals surface area contributed by atoms with Gasteiger partial charge in [0.25, 0.3) is 0 Å². The average molecular weight is 148 g/mol. The van der Waals surface area contributed by atoms with E-state index in [1.165, 1.54) is 0 Å². The van der Waals surface area contributed by atoms with Crippen molar-refractivity contribution in [1.29, 1.82) is 0 Å². The maximum Gasteiger partial charge on any atom is 0.104 e. The third-order valence-corrected chi connectivity index (χ3v) is 1.44. The third kappa shape index (κ3) is 1.58. The van der Waals surface area contributed by atoms with Crippen molar-refractivity contribution in [3.05, 3.63) is 29.2 Å². The summed E-state index contributed by atoms with van der Waals surface area (Å²) in [6.45, 7) is 7.53. The van der Waals surface area contributed by atoms with Gasteiger partial charge in [-0.05, 0) is 19.9 Å². The molecule has 0 aliphatic heterocycles. The van der Waals surface area contributed by atoms with Crippen LogP contribution in [0.3, 0.4) is 0 Å². The lowest BCUT2D eigenvalue weighted by molar-refractivity contribution is 1.13. The molecule has 58 valence electrons. The molecule has 0 unspecified atom stereocenters. The van der Waals surface area contributed by atoms with Crippen molar-refractivity contribution >= 4 is 12.2 Å². The summed E-state index contributed by atoms with van der Waals surface area (Å²) in [4.78, 5) is 7.39. The second kappa shape index (κ2) is 3.19. The number of allylic oxidation sites excluding steroid dienone is 1. The van der Waals surface area contributed by atoms with Crippen LogP contribution >= 0.6 is 0 Å². The van der Waals surface area contributed by atoms with E-state index in [2.05, 4.69) is 16.5 Å². The zero-order chi connectivity index (χ0) is 8.27. The predicted molar refractivity (Wildman–Crippen MR) is 47.4 cm³/mol. The molecule has 0 amide bonds. The number of imidazole rings is 1. The molecule has 1 aromatic heterocycles. The van der Waals surface area contributed by atoms with E-state index < -0.39 is 0 Å². The summed E-state index contributed by atoms with van der Waals surface area (Å²) in [5.74, 6) is 0.936. The monoisotopic (exact) mass is 148 g/mol. The number of nitrogens with one attached hydrogen (secondary N) is 1. The molecule has 0 radical (unpaired) electrons. The summed E-state index contributed by atoms with van der Waals surface area (Å²) in [5, 5.41) is 2.02. The minimum Gasteiger partial charge on any atom is -0.342 e. The summed E-state index contributed by atoms with van der Waals surface area (Å²) in [7, 11) is 0. The van der Waals surface area contributed by atoms with Crippen molar-refractivity contribution in [1.82, 2.24) is 9.97 Å². The smallest absolute Gasteiger partial charge is 0.104 e. The molecule has 0 aliphatic rings. The van der Waals surface area contributed by atoms with Gasteiger partial charge in [0.05, 0.1) is 10.7 Å². The quantitative estimate of drug-likeness (QED) is 0.616. The molecule has 1 rings (SSSR count). The van der Waals surface area contributed by atoms with Crippen molar-refractivity contribution in [3.63, 3.8) is 0 Å². The molecule has 0 bridgehead atoms. The number of aromatic amines is 1. The number of hydrogen-bond donors (Lipinski definition) is 1. The zero-order valence-corrected chi connectivity index (χ0v) is 6.89. The zero-order valence-electron chi connectivity index (χ0n) is 6.89. The SMILES string of the molecule is C=C/C=c1/nc(C)[nH]/c1=C/C. The number of rotatable bonds is 1. The van der Waals surface area contributed by atoms with Crippen LogP contribution in [-0.4, -0.2) is 9.97 Å². The van der Waals surface area contributed by atoms with Crippen LogP contribution in [0.1, 0.15) is 12.7 Å². The van der Waals surface area contributed by atoms with Gasteiger partial charge < -0.3 is 4.98 Å². The first-order valence-corrected chi connectivity index (χ1v) is 3.59. The Kier molecular flexibility index (Phi) is 2.26. The second-order valence-corrected chi connectivity index (χ2v) is 2.31. The van der Waals surface area contributed by atoms with Crippen molar-refractivity contribution < 1.29 is 0 Å².